The maximum absolute atomic E-state index is 12.6. The molecule has 0 spiro atoms. The molecule has 0 bridgehead atoms. The first-order valence-corrected chi connectivity index (χ1v) is 8.79. The zero-order valence-corrected chi connectivity index (χ0v) is 14.4. The Kier molecular flexibility index (Phi) is 4.44. The minimum Gasteiger partial charge on any atom is -0.489 e. The molecule has 3 aromatic rings. The van der Waals surface area contributed by atoms with Crippen LogP contribution in [0.2, 0.25) is 0 Å². The molecule has 1 amide bonds. The Hall–Kier alpha value is -3.08. The zero-order chi connectivity index (χ0) is 17.9. The number of ether oxygens (including phenoxy) is 1. The van der Waals surface area contributed by atoms with Crippen LogP contribution in [-0.2, 0) is 11.2 Å². The number of likely N-dealkylation sites (tertiary alicyclic amines) is 1. The number of carbonyl (C=O) groups is 1. The van der Waals surface area contributed by atoms with Crippen molar-refractivity contribution in [1.29, 1.82) is 0 Å². The number of rotatable bonds is 4. The van der Waals surface area contributed by atoms with Gasteiger partial charge >= 0.3 is 0 Å². The standard InChI is InChI=1S/C21H20N2O3/c24-20(13-16-12-15-6-4-5-9-19(15)22-21(16)25)23-11-10-18(14-23)26-17-7-2-1-3-8-17/h1-9,12,18H,10-11,13-14H2,(H,22,25)/t18-/m1/s1. The molecule has 1 atom stereocenters. The Morgan fingerprint density at radius 1 is 1.12 bits per heavy atom. The van der Waals surface area contributed by atoms with Gasteiger partial charge in [0.05, 0.1) is 13.0 Å². The van der Waals surface area contributed by atoms with E-state index in [2.05, 4.69) is 4.98 Å². The number of pyridine rings is 1. The van der Waals surface area contributed by atoms with E-state index < -0.39 is 0 Å². The molecule has 132 valence electrons. The first-order chi connectivity index (χ1) is 12.7. The number of aromatic amines is 1. The molecular formula is C21H20N2O3. The number of para-hydroxylation sites is 2. The SMILES string of the molecule is O=C(Cc1cc2ccccc2[nH]c1=O)N1CC[C@@H](Oc2ccccc2)C1. The number of aromatic nitrogens is 1. The second kappa shape index (κ2) is 7.04. The fraction of sp³-hybridized carbons (Fsp3) is 0.238. The van der Waals surface area contributed by atoms with E-state index in [0.29, 0.717) is 18.7 Å². The lowest BCUT2D eigenvalue weighted by Crippen LogP contribution is -2.33. The summed E-state index contributed by atoms with van der Waals surface area (Å²) in [5.41, 5.74) is 1.08. The third-order valence-corrected chi connectivity index (χ3v) is 4.72. The van der Waals surface area contributed by atoms with Gasteiger partial charge in [0.25, 0.3) is 5.56 Å². The molecule has 2 aromatic carbocycles. The molecule has 26 heavy (non-hydrogen) atoms. The van der Waals surface area contributed by atoms with Crippen LogP contribution in [0.15, 0.2) is 65.5 Å². The van der Waals surface area contributed by atoms with E-state index >= 15 is 0 Å². The fourth-order valence-corrected chi connectivity index (χ4v) is 3.34. The van der Waals surface area contributed by atoms with Crippen molar-refractivity contribution in [3.63, 3.8) is 0 Å². The van der Waals surface area contributed by atoms with Gasteiger partial charge in [-0.25, -0.2) is 0 Å². The van der Waals surface area contributed by atoms with Crippen molar-refractivity contribution < 1.29 is 9.53 Å². The Balaban J connectivity index is 1.42. The van der Waals surface area contributed by atoms with E-state index in [1.807, 2.05) is 54.6 Å². The van der Waals surface area contributed by atoms with Crippen LogP contribution in [0.5, 0.6) is 5.75 Å². The molecule has 1 saturated heterocycles. The lowest BCUT2D eigenvalue weighted by Gasteiger charge is -2.17. The van der Waals surface area contributed by atoms with Crippen molar-refractivity contribution in [3.8, 4) is 5.75 Å². The van der Waals surface area contributed by atoms with Gasteiger partial charge in [-0.15, -0.1) is 0 Å². The normalized spacial score (nSPS) is 16.8. The number of benzene rings is 2. The molecule has 1 fully saturated rings. The molecule has 1 aliphatic rings. The lowest BCUT2D eigenvalue weighted by molar-refractivity contribution is -0.129. The highest BCUT2D eigenvalue weighted by Gasteiger charge is 2.28. The topological polar surface area (TPSA) is 62.4 Å². The quantitative estimate of drug-likeness (QED) is 0.789. The molecule has 4 rings (SSSR count). The van der Waals surface area contributed by atoms with Crippen molar-refractivity contribution in [2.45, 2.75) is 18.9 Å². The van der Waals surface area contributed by atoms with E-state index in [1.54, 1.807) is 11.0 Å². The van der Waals surface area contributed by atoms with E-state index in [0.717, 1.165) is 23.1 Å². The van der Waals surface area contributed by atoms with E-state index in [4.69, 9.17) is 4.74 Å². The molecule has 0 radical (unpaired) electrons. The van der Waals surface area contributed by atoms with Gasteiger partial charge in [-0.2, -0.15) is 0 Å². The van der Waals surface area contributed by atoms with E-state index in [-0.39, 0.29) is 24.0 Å². The van der Waals surface area contributed by atoms with Gasteiger partial charge in [0.2, 0.25) is 5.91 Å². The van der Waals surface area contributed by atoms with Gasteiger partial charge in [0, 0.05) is 24.0 Å². The maximum atomic E-state index is 12.6. The zero-order valence-electron chi connectivity index (χ0n) is 14.4. The van der Waals surface area contributed by atoms with Crippen molar-refractivity contribution in [2.75, 3.05) is 13.1 Å². The molecule has 0 aliphatic carbocycles. The van der Waals surface area contributed by atoms with Crippen LogP contribution in [0.1, 0.15) is 12.0 Å². The number of nitrogens with one attached hydrogen (secondary N) is 1. The van der Waals surface area contributed by atoms with Crippen LogP contribution in [-0.4, -0.2) is 35.0 Å². The molecule has 0 saturated carbocycles. The Labute approximate surface area is 151 Å². The van der Waals surface area contributed by atoms with Crippen LogP contribution >= 0.6 is 0 Å². The Morgan fingerprint density at radius 2 is 1.88 bits per heavy atom. The highest BCUT2D eigenvalue weighted by atomic mass is 16.5. The summed E-state index contributed by atoms with van der Waals surface area (Å²) in [5, 5.41) is 0.932. The molecule has 2 heterocycles. The molecule has 1 aromatic heterocycles. The van der Waals surface area contributed by atoms with Gasteiger partial charge < -0.3 is 14.6 Å². The Bertz CT molecular complexity index is 981. The third-order valence-electron chi connectivity index (χ3n) is 4.72. The van der Waals surface area contributed by atoms with Crippen LogP contribution in [0.3, 0.4) is 0 Å². The van der Waals surface area contributed by atoms with Crippen molar-refractivity contribution in [2.24, 2.45) is 0 Å². The summed E-state index contributed by atoms with van der Waals surface area (Å²) in [5.74, 6) is 0.780. The lowest BCUT2D eigenvalue weighted by atomic mass is 10.1. The van der Waals surface area contributed by atoms with Gasteiger partial charge in [-0.05, 0) is 29.7 Å². The summed E-state index contributed by atoms with van der Waals surface area (Å²) in [6.07, 6.45) is 0.906. The summed E-state index contributed by atoms with van der Waals surface area (Å²) < 4.78 is 5.93. The van der Waals surface area contributed by atoms with E-state index in [1.165, 1.54) is 0 Å². The molecule has 5 heteroatoms. The summed E-state index contributed by atoms with van der Waals surface area (Å²) in [7, 11) is 0. The third kappa shape index (κ3) is 3.47. The molecule has 1 N–H and O–H groups in total. The van der Waals surface area contributed by atoms with Crippen molar-refractivity contribution in [1.82, 2.24) is 9.88 Å². The maximum Gasteiger partial charge on any atom is 0.252 e. The van der Waals surface area contributed by atoms with Crippen molar-refractivity contribution in [3.05, 3.63) is 76.6 Å². The fourth-order valence-electron chi connectivity index (χ4n) is 3.34. The van der Waals surface area contributed by atoms with Gasteiger partial charge in [0.1, 0.15) is 11.9 Å². The average molecular weight is 348 g/mol. The number of H-pyrrole nitrogens is 1. The van der Waals surface area contributed by atoms with Gasteiger partial charge in [0.15, 0.2) is 0 Å². The highest BCUT2D eigenvalue weighted by Crippen LogP contribution is 2.19. The number of nitrogens with zero attached hydrogens (tertiary/aromatic N) is 1. The van der Waals surface area contributed by atoms with Crippen LogP contribution < -0.4 is 10.3 Å². The van der Waals surface area contributed by atoms with Gasteiger partial charge in [-0.1, -0.05) is 36.4 Å². The molecule has 0 unspecified atom stereocenters. The first kappa shape index (κ1) is 16.4. The first-order valence-electron chi connectivity index (χ1n) is 8.79. The Morgan fingerprint density at radius 3 is 2.73 bits per heavy atom. The summed E-state index contributed by atoms with van der Waals surface area (Å²) in [6, 6.07) is 19.0. The second-order valence-corrected chi connectivity index (χ2v) is 6.57. The van der Waals surface area contributed by atoms with Gasteiger partial charge in [-0.3, -0.25) is 9.59 Å². The number of hydrogen-bond acceptors (Lipinski definition) is 3. The highest BCUT2D eigenvalue weighted by molar-refractivity contribution is 5.82. The minimum atomic E-state index is -0.201. The van der Waals surface area contributed by atoms with Crippen LogP contribution in [0.4, 0.5) is 0 Å². The van der Waals surface area contributed by atoms with Crippen molar-refractivity contribution >= 4 is 16.8 Å². The number of hydrogen-bond donors (Lipinski definition) is 1. The van der Waals surface area contributed by atoms with E-state index in [9.17, 15) is 9.59 Å². The second-order valence-electron chi connectivity index (χ2n) is 6.57. The summed E-state index contributed by atoms with van der Waals surface area (Å²) in [4.78, 5) is 29.5. The molecule has 1 aliphatic heterocycles. The predicted octanol–water partition coefficient (Wildman–Crippen LogP) is 2.75. The number of amides is 1. The minimum absolute atomic E-state index is 0.00348. The monoisotopic (exact) mass is 348 g/mol. The van der Waals surface area contributed by atoms with Crippen LogP contribution in [0, 0.1) is 0 Å². The predicted molar refractivity (Wildman–Crippen MR) is 100 cm³/mol. The molecule has 5 nitrogen and oxygen atoms in total. The largest absolute Gasteiger partial charge is 0.489 e. The smallest absolute Gasteiger partial charge is 0.252 e. The van der Waals surface area contributed by atoms with Crippen LogP contribution in [0.25, 0.3) is 10.9 Å². The summed E-state index contributed by atoms with van der Waals surface area (Å²) in [6.45, 7) is 1.21. The summed E-state index contributed by atoms with van der Waals surface area (Å²) >= 11 is 0. The molecular weight excluding hydrogens is 328 g/mol. The number of fused-ring (bicyclic) bond motifs is 1. The average Bonchev–Trinajstić information content (AvgIpc) is 3.12. The number of carbonyl (C=O) groups excluding carboxylic acids is 1.